The maximum Gasteiger partial charge on any atom is 0.224 e. The highest BCUT2D eigenvalue weighted by atomic mass is 16.5. The van der Waals surface area contributed by atoms with E-state index < -0.39 is 0 Å². The van der Waals surface area contributed by atoms with Gasteiger partial charge < -0.3 is 15.4 Å². The molecule has 0 aromatic heterocycles. The van der Waals surface area contributed by atoms with Crippen LogP contribution in [0, 0.1) is 5.92 Å². The first-order chi connectivity index (χ1) is 10.2. The van der Waals surface area contributed by atoms with E-state index in [1.54, 1.807) is 7.11 Å². The number of hydrogen-bond acceptors (Lipinski definition) is 3. The van der Waals surface area contributed by atoms with Crippen molar-refractivity contribution in [3.05, 3.63) is 29.8 Å². The summed E-state index contributed by atoms with van der Waals surface area (Å²) in [7, 11) is 1.64. The van der Waals surface area contributed by atoms with Crippen LogP contribution in [0.3, 0.4) is 0 Å². The van der Waals surface area contributed by atoms with Crippen molar-refractivity contribution in [1.82, 2.24) is 10.6 Å². The van der Waals surface area contributed by atoms with Crippen molar-refractivity contribution in [2.75, 3.05) is 20.2 Å². The zero-order valence-corrected chi connectivity index (χ0v) is 13.0. The zero-order chi connectivity index (χ0) is 15.1. The average Bonchev–Trinajstić information content (AvgIpc) is 2.53. The second kappa shape index (κ2) is 8.03. The lowest BCUT2D eigenvalue weighted by Crippen LogP contribution is -2.48. The molecule has 0 aliphatic carbocycles. The van der Waals surface area contributed by atoms with E-state index in [9.17, 15) is 4.79 Å². The van der Waals surface area contributed by atoms with Gasteiger partial charge in [-0.3, -0.25) is 4.79 Å². The number of amides is 1. The largest absolute Gasteiger partial charge is 0.497 e. The number of ether oxygens (including phenoxy) is 1. The topological polar surface area (TPSA) is 50.4 Å². The van der Waals surface area contributed by atoms with Crippen molar-refractivity contribution in [2.45, 2.75) is 38.6 Å². The molecule has 4 nitrogen and oxygen atoms in total. The molecular weight excluding hydrogens is 264 g/mol. The number of carbonyl (C=O) groups is 1. The van der Waals surface area contributed by atoms with Crippen molar-refractivity contribution >= 4 is 5.91 Å². The molecule has 2 rings (SSSR count). The fourth-order valence-corrected chi connectivity index (χ4v) is 3.00. The van der Waals surface area contributed by atoms with E-state index in [-0.39, 0.29) is 5.91 Å². The summed E-state index contributed by atoms with van der Waals surface area (Å²) in [4.78, 5) is 12.1. The van der Waals surface area contributed by atoms with Gasteiger partial charge in [-0.15, -0.1) is 0 Å². The fraction of sp³-hybridized carbons (Fsp3) is 0.588. The summed E-state index contributed by atoms with van der Waals surface area (Å²) >= 11 is 0. The molecule has 0 spiro atoms. The van der Waals surface area contributed by atoms with Gasteiger partial charge in [-0.2, -0.15) is 0 Å². The normalized spacial score (nSPS) is 21.8. The first-order valence-corrected chi connectivity index (χ1v) is 7.86. The van der Waals surface area contributed by atoms with Gasteiger partial charge in [-0.05, 0) is 43.0 Å². The summed E-state index contributed by atoms with van der Waals surface area (Å²) in [6.07, 6.45) is 4.08. The highest BCUT2D eigenvalue weighted by Crippen LogP contribution is 2.19. The Kier molecular flexibility index (Phi) is 6.05. The minimum Gasteiger partial charge on any atom is -0.497 e. The molecule has 1 saturated heterocycles. The molecule has 1 aromatic carbocycles. The monoisotopic (exact) mass is 290 g/mol. The summed E-state index contributed by atoms with van der Waals surface area (Å²) in [6.45, 7) is 4.01. The SMILES string of the molecule is CCC1CCCNC1CNC(=O)Cc1cccc(OC)c1. The van der Waals surface area contributed by atoms with Crippen LogP contribution in [0.5, 0.6) is 5.75 Å². The van der Waals surface area contributed by atoms with Gasteiger partial charge in [0.1, 0.15) is 5.75 Å². The molecule has 2 unspecified atom stereocenters. The molecule has 116 valence electrons. The van der Waals surface area contributed by atoms with Gasteiger partial charge in [0, 0.05) is 12.6 Å². The number of nitrogens with one attached hydrogen (secondary N) is 2. The summed E-state index contributed by atoms with van der Waals surface area (Å²) in [5.74, 6) is 1.54. The molecule has 1 amide bonds. The van der Waals surface area contributed by atoms with Crippen molar-refractivity contribution in [2.24, 2.45) is 5.92 Å². The van der Waals surface area contributed by atoms with Crippen molar-refractivity contribution in [3.8, 4) is 5.75 Å². The number of hydrogen-bond donors (Lipinski definition) is 2. The minimum atomic E-state index is 0.0745. The zero-order valence-electron chi connectivity index (χ0n) is 13.0. The van der Waals surface area contributed by atoms with Crippen molar-refractivity contribution in [1.29, 1.82) is 0 Å². The van der Waals surface area contributed by atoms with Gasteiger partial charge in [-0.1, -0.05) is 25.5 Å². The minimum absolute atomic E-state index is 0.0745. The molecular formula is C17H26N2O2. The van der Waals surface area contributed by atoms with Crippen molar-refractivity contribution < 1.29 is 9.53 Å². The third-order valence-electron chi connectivity index (χ3n) is 4.27. The van der Waals surface area contributed by atoms with E-state index in [4.69, 9.17) is 4.74 Å². The maximum absolute atomic E-state index is 12.1. The second-order valence-electron chi connectivity index (χ2n) is 5.70. The summed E-state index contributed by atoms with van der Waals surface area (Å²) in [5, 5.41) is 6.58. The fourth-order valence-electron chi connectivity index (χ4n) is 3.00. The highest BCUT2D eigenvalue weighted by molar-refractivity contribution is 5.78. The molecule has 1 heterocycles. The number of rotatable bonds is 6. The molecule has 1 fully saturated rings. The first kappa shape index (κ1) is 15.8. The summed E-state index contributed by atoms with van der Waals surface area (Å²) < 4.78 is 5.18. The maximum atomic E-state index is 12.1. The van der Waals surface area contributed by atoms with E-state index in [2.05, 4.69) is 17.6 Å². The Bertz CT molecular complexity index is 462. The van der Waals surface area contributed by atoms with Crippen LogP contribution in [0.4, 0.5) is 0 Å². The van der Waals surface area contributed by atoms with Gasteiger partial charge in [-0.25, -0.2) is 0 Å². The van der Waals surface area contributed by atoms with E-state index in [1.807, 2.05) is 24.3 Å². The summed E-state index contributed by atoms with van der Waals surface area (Å²) in [6, 6.07) is 8.08. The lowest BCUT2D eigenvalue weighted by Gasteiger charge is -2.32. The van der Waals surface area contributed by atoms with Crippen LogP contribution in [0.25, 0.3) is 0 Å². The lowest BCUT2D eigenvalue weighted by molar-refractivity contribution is -0.120. The Morgan fingerprint density at radius 2 is 2.33 bits per heavy atom. The molecule has 1 aliphatic heterocycles. The Labute approximate surface area is 127 Å². The quantitative estimate of drug-likeness (QED) is 0.844. The van der Waals surface area contributed by atoms with Crippen LogP contribution in [0.2, 0.25) is 0 Å². The van der Waals surface area contributed by atoms with Gasteiger partial charge in [0.2, 0.25) is 5.91 Å². The highest BCUT2D eigenvalue weighted by Gasteiger charge is 2.23. The molecule has 4 heteroatoms. The molecule has 1 aliphatic rings. The standard InChI is InChI=1S/C17H26N2O2/c1-3-14-7-5-9-18-16(14)12-19-17(20)11-13-6-4-8-15(10-13)21-2/h4,6,8,10,14,16,18H,3,5,7,9,11-12H2,1-2H3,(H,19,20). The molecule has 2 N–H and O–H groups in total. The molecule has 0 radical (unpaired) electrons. The van der Waals surface area contributed by atoms with Crippen molar-refractivity contribution in [3.63, 3.8) is 0 Å². The van der Waals surface area contributed by atoms with Crippen LogP contribution in [-0.4, -0.2) is 32.1 Å². The van der Waals surface area contributed by atoms with Crippen LogP contribution in [0.15, 0.2) is 24.3 Å². The molecule has 0 bridgehead atoms. The Balaban J connectivity index is 1.81. The van der Waals surface area contributed by atoms with Crippen LogP contribution < -0.4 is 15.4 Å². The smallest absolute Gasteiger partial charge is 0.224 e. The van der Waals surface area contributed by atoms with Gasteiger partial charge in [0.25, 0.3) is 0 Å². The predicted molar refractivity (Wildman–Crippen MR) is 84.5 cm³/mol. The van der Waals surface area contributed by atoms with E-state index in [1.165, 1.54) is 19.3 Å². The van der Waals surface area contributed by atoms with Crippen LogP contribution >= 0.6 is 0 Å². The number of benzene rings is 1. The third kappa shape index (κ3) is 4.74. The Morgan fingerprint density at radius 3 is 3.10 bits per heavy atom. The lowest BCUT2D eigenvalue weighted by atomic mass is 9.88. The Hall–Kier alpha value is -1.55. The second-order valence-corrected chi connectivity index (χ2v) is 5.70. The molecule has 0 saturated carbocycles. The van der Waals surface area contributed by atoms with E-state index in [0.29, 0.717) is 18.4 Å². The van der Waals surface area contributed by atoms with E-state index >= 15 is 0 Å². The van der Waals surface area contributed by atoms with E-state index in [0.717, 1.165) is 24.4 Å². The third-order valence-corrected chi connectivity index (χ3v) is 4.27. The predicted octanol–water partition coefficient (Wildman–Crippen LogP) is 2.13. The van der Waals surface area contributed by atoms with Gasteiger partial charge >= 0.3 is 0 Å². The Morgan fingerprint density at radius 1 is 1.48 bits per heavy atom. The number of piperidine rings is 1. The van der Waals surface area contributed by atoms with Gasteiger partial charge in [0.05, 0.1) is 13.5 Å². The van der Waals surface area contributed by atoms with Gasteiger partial charge in [0.15, 0.2) is 0 Å². The molecule has 1 aromatic rings. The van der Waals surface area contributed by atoms with Crippen LogP contribution in [0.1, 0.15) is 31.7 Å². The molecule has 21 heavy (non-hydrogen) atoms. The number of carbonyl (C=O) groups excluding carboxylic acids is 1. The average molecular weight is 290 g/mol. The summed E-state index contributed by atoms with van der Waals surface area (Å²) in [5.41, 5.74) is 0.982. The van der Waals surface area contributed by atoms with Crippen LogP contribution in [-0.2, 0) is 11.2 Å². The first-order valence-electron chi connectivity index (χ1n) is 7.86. The number of methoxy groups -OCH3 is 1. The molecule has 2 atom stereocenters.